The maximum absolute atomic E-state index is 13.3. The van der Waals surface area contributed by atoms with Crippen molar-refractivity contribution in [2.24, 2.45) is 11.3 Å². The zero-order valence-corrected chi connectivity index (χ0v) is 19.3. The van der Waals surface area contributed by atoms with E-state index in [-0.39, 0.29) is 23.0 Å². The summed E-state index contributed by atoms with van der Waals surface area (Å²) in [4.78, 5) is 29.1. The lowest BCUT2D eigenvalue weighted by atomic mass is 9.72. The molecule has 1 aliphatic rings. The second kappa shape index (κ2) is 8.88. The number of anilines is 1. The number of hydrogen-bond donors (Lipinski definition) is 1. The molecule has 0 saturated carbocycles. The predicted octanol–water partition coefficient (Wildman–Crippen LogP) is 5.77. The van der Waals surface area contributed by atoms with Gasteiger partial charge in [-0.2, -0.15) is 0 Å². The van der Waals surface area contributed by atoms with Crippen molar-refractivity contribution in [3.63, 3.8) is 0 Å². The minimum atomic E-state index is -0.385. The molecule has 1 aliphatic carbocycles. The summed E-state index contributed by atoms with van der Waals surface area (Å²) >= 11 is 1.52. The Hall–Kier alpha value is -2.21. The number of hydrogen-bond acceptors (Lipinski definition) is 3. The Balaban J connectivity index is 1.99. The fourth-order valence-corrected chi connectivity index (χ4v) is 5.40. The van der Waals surface area contributed by atoms with Crippen molar-refractivity contribution in [1.29, 1.82) is 0 Å². The third-order valence-electron chi connectivity index (χ3n) is 6.09. The molecule has 3 rings (SSSR count). The largest absolute Gasteiger partial charge is 0.339 e. The van der Waals surface area contributed by atoms with Crippen molar-refractivity contribution in [3.8, 4) is 0 Å². The summed E-state index contributed by atoms with van der Waals surface area (Å²) < 4.78 is 13.2. The van der Waals surface area contributed by atoms with Crippen molar-refractivity contribution in [3.05, 3.63) is 51.7 Å². The lowest BCUT2D eigenvalue weighted by Crippen LogP contribution is -2.32. The molecular formula is C24H31FN2O2S. The van der Waals surface area contributed by atoms with Gasteiger partial charge in [0.15, 0.2) is 0 Å². The van der Waals surface area contributed by atoms with Gasteiger partial charge in [-0.15, -0.1) is 11.3 Å². The van der Waals surface area contributed by atoms with E-state index in [4.69, 9.17) is 0 Å². The average Bonchev–Trinajstić information content (AvgIpc) is 3.05. The van der Waals surface area contributed by atoms with E-state index in [0.29, 0.717) is 35.1 Å². The number of carbonyl (C=O) groups excluding carboxylic acids is 2. The SMILES string of the molecule is CCN(CC)C(=O)c1c(NC(=O)c2ccc(F)cc2)sc2c1CC[C@@H](C(C)(C)C)C2. The number of amides is 2. The quantitative estimate of drug-likeness (QED) is 0.654. The van der Waals surface area contributed by atoms with Crippen LogP contribution in [0.3, 0.4) is 0 Å². The highest BCUT2D eigenvalue weighted by molar-refractivity contribution is 7.17. The molecule has 30 heavy (non-hydrogen) atoms. The molecule has 2 aromatic rings. The van der Waals surface area contributed by atoms with Gasteiger partial charge in [-0.1, -0.05) is 20.8 Å². The molecule has 1 atom stereocenters. The fraction of sp³-hybridized carbons (Fsp3) is 0.500. The summed E-state index contributed by atoms with van der Waals surface area (Å²) in [5.41, 5.74) is 2.30. The van der Waals surface area contributed by atoms with Crippen molar-refractivity contribution >= 4 is 28.2 Å². The van der Waals surface area contributed by atoms with Crippen LogP contribution in [-0.2, 0) is 12.8 Å². The van der Waals surface area contributed by atoms with Gasteiger partial charge in [-0.05, 0) is 74.3 Å². The van der Waals surface area contributed by atoms with Gasteiger partial charge >= 0.3 is 0 Å². The van der Waals surface area contributed by atoms with Gasteiger partial charge in [0.05, 0.1) is 5.56 Å². The topological polar surface area (TPSA) is 49.4 Å². The Morgan fingerprint density at radius 2 is 1.80 bits per heavy atom. The number of nitrogens with one attached hydrogen (secondary N) is 1. The van der Waals surface area contributed by atoms with Gasteiger partial charge in [-0.25, -0.2) is 4.39 Å². The van der Waals surface area contributed by atoms with E-state index in [1.807, 2.05) is 13.8 Å². The molecule has 0 aliphatic heterocycles. The molecule has 4 nitrogen and oxygen atoms in total. The van der Waals surface area contributed by atoms with Crippen LogP contribution >= 0.6 is 11.3 Å². The highest BCUT2D eigenvalue weighted by Crippen LogP contribution is 2.44. The molecule has 0 unspecified atom stereocenters. The van der Waals surface area contributed by atoms with Gasteiger partial charge in [0.1, 0.15) is 10.8 Å². The Bertz CT molecular complexity index is 924. The van der Waals surface area contributed by atoms with Crippen molar-refractivity contribution in [1.82, 2.24) is 4.90 Å². The van der Waals surface area contributed by atoms with Crippen LogP contribution in [0, 0.1) is 17.2 Å². The zero-order valence-electron chi connectivity index (χ0n) is 18.5. The molecule has 0 fully saturated rings. The van der Waals surface area contributed by atoms with E-state index in [9.17, 15) is 14.0 Å². The molecule has 1 aromatic carbocycles. The molecule has 1 heterocycles. The smallest absolute Gasteiger partial charge is 0.257 e. The summed E-state index contributed by atoms with van der Waals surface area (Å²) in [7, 11) is 0. The van der Waals surface area contributed by atoms with Crippen LogP contribution in [0.5, 0.6) is 0 Å². The Morgan fingerprint density at radius 1 is 1.17 bits per heavy atom. The highest BCUT2D eigenvalue weighted by atomic mass is 32.1. The molecule has 0 bridgehead atoms. The summed E-state index contributed by atoms with van der Waals surface area (Å²) in [6.07, 6.45) is 2.81. The van der Waals surface area contributed by atoms with Crippen LogP contribution in [0.4, 0.5) is 9.39 Å². The van der Waals surface area contributed by atoms with E-state index in [1.54, 1.807) is 4.90 Å². The van der Waals surface area contributed by atoms with Crippen LogP contribution in [0.1, 0.15) is 72.2 Å². The van der Waals surface area contributed by atoms with Gasteiger partial charge in [-0.3, -0.25) is 9.59 Å². The summed E-state index contributed by atoms with van der Waals surface area (Å²) in [6, 6.07) is 5.45. The van der Waals surface area contributed by atoms with Gasteiger partial charge in [0.25, 0.3) is 11.8 Å². The van der Waals surface area contributed by atoms with E-state index >= 15 is 0 Å². The number of halogens is 1. The first-order chi connectivity index (χ1) is 14.2. The van der Waals surface area contributed by atoms with E-state index in [0.717, 1.165) is 24.8 Å². The number of carbonyl (C=O) groups is 2. The molecule has 1 aromatic heterocycles. The summed E-state index contributed by atoms with van der Waals surface area (Å²) in [5, 5.41) is 3.56. The monoisotopic (exact) mass is 430 g/mol. The molecule has 0 saturated heterocycles. The lowest BCUT2D eigenvalue weighted by molar-refractivity contribution is 0.0772. The van der Waals surface area contributed by atoms with E-state index < -0.39 is 0 Å². The fourth-order valence-electron chi connectivity index (χ4n) is 4.08. The third-order valence-corrected chi connectivity index (χ3v) is 7.26. The first-order valence-electron chi connectivity index (χ1n) is 10.7. The molecule has 1 N–H and O–H groups in total. The number of rotatable bonds is 5. The Kier molecular flexibility index (Phi) is 6.65. The highest BCUT2D eigenvalue weighted by Gasteiger charge is 2.35. The molecular weight excluding hydrogens is 399 g/mol. The Labute approximate surface area is 182 Å². The first-order valence-corrected chi connectivity index (χ1v) is 11.5. The third kappa shape index (κ3) is 4.59. The first kappa shape index (κ1) is 22.5. The average molecular weight is 431 g/mol. The maximum Gasteiger partial charge on any atom is 0.257 e. The van der Waals surface area contributed by atoms with Crippen molar-refractivity contribution < 1.29 is 14.0 Å². The minimum absolute atomic E-state index is 0.0267. The second-order valence-electron chi connectivity index (χ2n) is 8.95. The maximum atomic E-state index is 13.3. The standard InChI is InChI=1S/C24H31FN2O2S/c1-6-27(7-2)23(29)20-18-13-10-16(24(3,4)5)14-19(18)30-22(20)26-21(28)15-8-11-17(25)12-9-15/h8-9,11-12,16H,6-7,10,13-14H2,1-5H3,(H,26,28)/t16-/m1/s1. The molecule has 0 radical (unpaired) electrons. The molecule has 162 valence electrons. The van der Waals surface area contributed by atoms with Crippen molar-refractivity contribution in [2.75, 3.05) is 18.4 Å². The van der Waals surface area contributed by atoms with Gasteiger partial charge in [0.2, 0.25) is 0 Å². The number of thiophene rings is 1. The van der Waals surface area contributed by atoms with Gasteiger partial charge < -0.3 is 10.2 Å². The van der Waals surface area contributed by atoms with Crippen LogP contribution in [0.2, 0.25) is 0 Å². The molecule has 6 heteroatoms. The lowest BCUT2D eigenvalue weighted by Gasteiger charge is -2.34. The van der Waals surface area contributed by atoms with Crippen LogP contribution in [0.25, 0.3) is 0 Å². The van der Waals surface area contributed by atoms with E-state index in [1.165, 1.54) is 40.5 Å². The zero-order chi connectivity index (χ0) is 22.1. The number of fused-ring (bicyclic) bond motifs is 1. The normalized spacial score (nSPS) is 16.1. The summed E-state index contributed by atoms with van der Waals surface area (Å²) in [5.74, 6) is -0.194. The Morgan fingerprint density at radius 3 is 2.37 bits per heavy atom. The van der Waals surface area contributed by atoms with Crippen LogP contribution in [0.15, 0.2) is 24.3 Å². The van der Waals surface area contributed by atoms with E-state index in [2.05, 4.69) is 26.1 Å². The predicted molar refractivity (Wildman–Crippen MR) is 121 cm³/mol. The minimum Gasteiger partial charge on any atom is -0.339 e. The number of benzene rings is 1. The second-order valence-corrected chi connectivity index (χ2v) is 10.1. The molecule has 0 spiro atoms. The molecule has 2 amide bonds. The van der Waals surface area contributed by atoms with Crippen LogP contribution < -0.4 is 5.32 Å². The number of nitrogens with zero attached hydrogens (tertiary/aromatic N) is 1. The van der Waals surface area contributed by atoms with Gasteiger partial charge in [0, 0.05) is 23.5 Å². The summed E-state index contributed by atoms with van der Waals surface area (Å²) in [6.45, 7) is 11.9. The van der Waals surface area contributed by atoms with Crippen LogP contribution in [-0.4, -0.2) is 29.8 Å². The van der Waals surface area contributed by atoms with Crippen molar-refractivity contribution in [2.45, 2.75) is 53.9 Å².